The van der Waals surface area contributed by atoms with Gasteiger partial charge >= 0.3 is 0 Å². The number of nitrogens with zero attached hydrogens (tertiary/aromatic N) is 2. The van der Waals surface area contributed by atoms with Gasteiger partial charge < -0.3 is 31.8 Å². The average Bonchev–Trinajstić information content (AvgIpc) is 3.24. The lowest BCUT2D eigenvalue weighted by molar-refractivity contribution is 0.289. The molecule has 4 rings (SSSR count). The van der Waals surface area contributed by atoms with Crippen LogP contribution in [0.1, 0.15) is 36.8 Å². The van der Waals surface area contributed by atoms with Crippen molar-refractivity contribution in [1.29, 1.82) is 0 Å². The number of ether oxygens (including phenoxy) is 1. The fourth-order valence-corrected chi connectivity index (χ4v) is 4.12. The lowest BCUT2D eigenvalue weighted by Gasteiger charge is -2.28. The van der Waals surface area contributed by atoms with Crippen molar-refractivity contribution in [2.24, 2.45) is 17.6 Å². The zero-order chi connectivity index (χ0) is 20.1. The van der Waals surface area contributed by atoms with Gasteiger partial charge in [0.2, 0.25) is 5.95 Å². The first-order chi connectivity index (χ1) is 14.2. The van der Waals surface area contributed by atoms with Crippen LogP contribution in [0.4, 0.5) is 17.5 Å². The fraction of sp³-hybridized carbons (Fsp3) is 0.524. The predicted octanol–water partition coefficient (Wildman–Crippen LogP) is 3.11. The number of fused-ring (bicyclic) bond motifs is 1. The lowest BCUT2D eigenvalue weighted by atomic mass is 9.82. The van der Waals surface area contributed by atoms with Crippen molar-refractivity contribution in [3.8, 4) is 5.75 Å². The third kappa shape index (κ3) is 4.89. The van der Waals surface area contributed by atoms with E-state index in [2.05, 4.69) is 26.7 Å². The standard InChI is InChI=1S/C21H29N6O2/c22-10-14-1-3-15(4-2-14)11-23-20-18(27-28)13-25-21(26-20)24-12-16-5-6-19-17(9-16)7-8-29-19/h5-6,9,13-15,27H,1-4,7-8,10-12,22H2,(H2,23,24,25,26)/q-1. The normalized spacial score (nSPS) is 20.6. The Bertz CT molecular complexity index is 823. The molecule has 1 saturated carbocycles. The van der Waals surface area contributed by atoms with Crippen LogP contribution in [0.5, 0.6) is 5.75 Å². The van der Waals surface area contributed by atoms with E-state index >= 15 is 0 Å². The van der Waals surface area contributed by atoms with E-state index in [9.17, 15) is 5.21 Å². The van der Waals surface area contributed by atoms with E-state index < -0.39 is 0 Å². The summed E-state index contributed by atoms with van der Waals surface area (Å²) in [5.74, 6) is 3.25. The molecule has 0 amide bonds. The monoisotopic (exact) mass is 397 g/mol. The van der Waals surface area contributed by atoms with E-state index in [-0.39, 0.29) is 0 Å². The Hall–Kier alpha value is -2.58. The molecule has 0 atom stereocenters. The number of nitrogens with one attached hydrogen (secondary N) is 3. The highest BCUT2D eigenvalue weighted by Gasteiger charge is 2.20. The van der Waals surface area contributed by atoms with Crippen LogP contribution in [0.3, 0.4) is 0 Å². The van der Waals surface area contributed by atoms with Gasteiger partial charge in [-0.1, -0.05) is 12.1 Å². The second kappa shape index (κ2) is 9.28. The Morgan fingerprint density at radius 2 is 1.97 bits per heavy atom. The molecule has 0 unspecified atom stereocenters. The first-order valence-corrected chi connectivity index (χ1v) is 10.4. The largest absolute Gasteiger partial charge is 0.761 e. The van der Waals surface area contributed by atoms with Gasteiger partial charge in [0.1, 0.15) is 5.75 Å². The SMILES string of the molecule is NCC1CCC(CNc2nc(NCc3ccc4c(c3)CCO4)ncc2N[O-])CC1. The third-order valence-electron chi connectivity index (χ3n) is 5.96. The lowest BCUT2D eigenvalue weighted by Crippen LogP contribution is -2.25. The van der Waals surface area contributed by atoms with Crippen LogP contribution in [0.25, 0.3) is 0 Å². The van der Waals surface area contributed by atoms with Gasteiger partial charge in [0.25, 0.3) is 0 Å². The maximum absolute atomic E-state index is 11.3. The van der Waals surface area contributed by atoms with E-state index in [4.69, 9.17) is 10.5 Å². The van der Waals surface area contributed by atoms with Crippen LogP contribution in [-0.2, 0) is 13.0 Å². The number of aromatic nitrogens is 2. The van der Waals surface area contributed by atoms with E-state index in [1.165, 1.54) is 24.6 Å². The molecule has 8 nitrogen and oxygen atoms in total. The smallest absolute Gasteiger partial charge is 0.225 e. The summed E-state index contributed by atoms with van der Waals surface area (Å²) in [7, 11) is 0. The van der Waals surface area contributed by atoms with Crippen molar-refractivity contribution < 1.29 is 4.74 Å². The Morgan fingerprint density at radius 1 is 1.14 bits per heavy atom. The first kappa shape index (κ1) is 19.7. The minimum Gasteiger partial charge on any atom is -0.761 e. The molecular formula is C21H29N6O2-. The van der Waals surface area contributed by atoms with Gasteiger partial charge in [-0.2, -0.15) is 4.98 Å². The molecule has 1 aliphatic heterocycles. The number of nitrogens with two attached hydrogens (primary N) is 1. The Morgan fingerprint density at radius 3 is 2.76 bits per heavy atom. The predicted molar refractivity (Wildman–Crippen MR) is 115 cm³/mol. The molecule has 0 radical (unpaired) electrons. The Kier molecular flexibility index (Phi) is 6.31. The van der Waals surface area contributed by atoms with Crippen LogP contribution in [0.2, 0.25) is 0 Å². The van der Waals surface area contributed by atoms with Crippen LogP contribution in [0, 0.1) is 17.0 Å². The molecule has 156 valence electrons. The molecule has 2 aliphatic rings. The molecule has 0 bridgehead atoms. The summed E-state index contributed by atoms with van der Waals surface area (Å²) in [5.41, 5.74) is 10.5. The van der Waals surface area contributed by atoms with Crippen molar-refractivity contribution in [2.45, 2.75) is 38.6 Å². The van der Waals surface area contributed by atoms with Crippen molar-refractivity contribution in [3.63, 3.8) is 0 Å². The second-order valence-corrected chi connectivity index (χ2v) is 7.96. The summed E-state index contributed by atoms with van der Waals surface area (Å²) in [6.45, 7) is 2.94. The van der Waals surface area contributed by atoms with Crippen molar-refractivity contribution in [3.05, 3.63) is 40.7 Å². The van der Waals surface area contributed by atoms with Crippen LogP contribution in [0.15, 0.2) is 24.4 Å². The van der Waals surface area contributed by atoms with Crippen LogP contribution < -0.4 is 26.6 Å². The van der Waals surface area contributed by atoms with E-state index in [1.807, 2.05) is 17.6 Å². The number of hydrogen-bond acceptors (Lipinski definition) is 8. The minimum atomic E-state index is 0.362. The molecule has 2 aromatic rings. The van der Waals surface area contributed by atoms with Gasteiger partial charge in [-0.05, 0) is 61.3 Å². The molecule has 1 fully saturated rings. The summed E-state index contributed by atoms with van der Waals surface area (Å²) in [6, 6.07) is 6.21. The first-order valence-electron chi connectivity index (χ1n) is 10.4. The summed E-state index contributed by atoms with van der Waals surface area (Å²) in [4.78, 5) is 8.76. The van der Waals surface area contributed by atoms with Gasteiger partial charge in [0.05, 0.1) is 18.5 Å². The highest BCUT2D eigenvalue weighted by atomic mass is 16.5. The topological polar surface area (TPSA) is 120 Å². The number of benzene rings is 1. The highest BCUT2D eigenvalue weighted by molar-refractivity contribution is 5.65. The summed E-state index contributed by atoms with van der Waals surface area (Å²) >= 11 is 0. The fourth-order valence-electron chi connectivity index (χ4n) is 4.12. The molecule has 5 N–H and O–H groups in total. The molecule has 2 heterocycles. The van der Waals surface area contributed by atoms with Gasteiger partial charge in [-0.3, -0.25) is 0 Å². The van der Waals surface area contributed by atoms with Gasteiger partial charge in [-0.25, -0.2) is 4.98 Å². The molecule has 29 heavy (non-hydrogen) atoms. The minimum absolute atomic E-state index is 0.362. The summed E-state index contributed by atoms with van der Waals surface area (Å²) in [6.07, 6.45) is 7.15. The molecule has 1 aromatic heterocycles. The second-order valence-electron chi connectivity index (χ2n) is 7.96. The number of hydrogen-bond donors (Lipinski definition) is 4. The van der Waals surface area contributed by atoms with E-state index in [0.29, 0.717) is 35.8 Å². The molecule has 0 saturated heterocycles. The number of anilines is 3. The summed E-state index contributed by atoms with van der Waals surface area (Å²) in [5, 5.41) is 17.9. The van der Waals surface area contributed by atoms with Gasteiger partial charge in [-0.15, -0.1) is 0 Å². The zero-order valence-electron chi connectivity index (χ0n) is 16.6. The Labute approximate surface area is 171 Å². The third-order valence-corrected chi connectivity index (χ3v) is 5.96. The van der Waals surface area contributed by atoms with Crippen molar-refractivity contribution in [1.82, 2.24) is 9.97 Å². The zero-order valence-corrected chi connectivity index (χ0v) is 16.6. The maximum atomic E-state index is 11.3. The highest BCUT2D eigenvalue weighted by Crippen LogP contribution is 2.29. The quantitative estimate of drug-likeness (QED) is 0.502. The maximum Gasteiger partial charge on any atom is 0.225 e. The van der Waals surface area contributed by atoms with E-state index in [1.54, 1.807) is 0 Å². The van der Waals surface area contributed by atoms with E-state index in [0.717, 1.165) is 50.3 Å². The van der Waals surface area contributed by atoms with Crippen molar-refractivity contribution in [2.75, 3.05) is 35.8 Å². The van der Waals surface area contributed by atoms with Crippen LogP contribution >= 0.6 is 0 Å². The molecule has 0 spiro atoms. The van der Waals surface area contributed by atoms with Gasteiger partial charge in [0.15, 0.2) is 5.82 Å². The average molecular weight is 398 g/mol. The molecule has 8 heteroatoms. The molecule has 1 aromatic carbocycles. The molecular weight excluding hydrogens is 368 g/mol. The summed E-state index contributed by atoms with van der Waals surface area (Å²) < 4.78 is 5.55. The van der Waals surface area contributed by atoms with Gasteiger partial charge in [0, 0.05) is 19.5 Å². The Balaban J connectivity index is 1.35. The van der Waals surface area contributed by atoms with Crippen molar-refractivity contribution >= 4 is 17.5 Å². The number of rotatable bonds is 8. The molecule has 1 aliphatic carbocycles. The van der Waals surface area contributed by atoms with Crippen LogP contribution in [-0.4, -0.2) is 29.7 Å².